The Morgan fingerprint density at radius 3 is 2.19 bits per heavy atom. The molecule has 4 rings (SSSR count). The maximum absolute atomic E-state index is 6.06. The Bertz CT molecular complexity index is 1030. The van der Waals surface area contributed by atoms with Gasteiger partial charge in [0, 0.05) is 11.7 Å². The third kappa shape index (κ3) is 3.71. The Kier molecular flexibility index (Phi) is 4.91. The van der Waals surface area contributed by atoms with E-state index in [0.717, 1.165) is 5.69 Å². The van der Waals surface area contributed by atoms with Gasteiger partial charge in [0.1, 0.15) is 0 Å². The average Bonchev–Trinajstić information content (AvgIpc) is 2.72. The molecule has 0 aliphatic heterocycles. The number of hydrogen-bond acceptors (Lipinski definition) is 2. The maximum atomic E-state index is 6.06. The second-order valence-corrected chi connectivity index (χ2v) is 6.97. The van der Waals surface area contributed by atoms with Crippen LogP contribution in [0.2, 0.25) is 0 Å². The van der Waals surface area contributed by atoms with Crippen LogP contribution >= 0.6 is 0 Å². The summed E-state index contributed by atoms with van der Waals surface area (Å²) < 4.78 is 0. The van der Waals surface area contributed by atoms with E-state index in [4.69, 9.17) is 5.73 Å². The van der Waals surface area contributed by atoms with E-state index < -0.39 is 0 Å². The van der Waals surface area contributed by atoms with Gasteiger partial charge < -0.3 is 5.73 Å². The summed E-state index contributed by atoms with van der Waals surface area (Å²) in [5.74, 6) is 0. The number of rotatable bonds is 5. The Morgan fingerprint density at radius 1 is 0.704 bits per heavy atom. The van der Waals surface area contributed by atoms with Crippen LogP contribution in [-0.4, -0.2) is 0 Å². The molecule has 0 spiro atoms. The lowest BCUT2D eigenvalue weighted by Crippen LogP contribution is -2.26. The minimum absolute atomic E-state index is 0.0728. The zero-order valence-electron chi connectivity index (χ0n) is 15.5. The van der Waals surface area contributed by atoms with Crippen molar-refractivity contribution in [1.82, 2.24) is 5.32 Å². The van der Waals surface area contributed by atoms with Gasteiger partial charge in [-0.2, -0.15) is 0 Å². The molecular formula is C25H24N2. The van der Waals surface area contributed by atoms with Gasteiger partial charge in [-0.05, 0) is 46.5 Å². The number of anilines is 1. The highest BCUT2D eigenvalue weighted by atomic mass is 14.9. The van der Waals surface area contributed by atoms with E-state index in [1.54, 1.807) is 0 Å². The summed E-state index contributed by atoms with van der Waals surface area (Å²) in [4.78, 5) is 0. The van der Waals surface area contributed by atoms with Crippen LogP contribution in [0.4, 0.5) is 5.69 Å². The standard InChI is InChI=1S/C25H24N2/c1-18(23-16-8-12-19-9-5-6-15-24(19)23)27-25(20-10-3-2-4-11-20)21-13-7-14-22(26)17-21/h2-18,25,27H,26H2,1H3/t18-,25?/m1/s1. The maximum Gasteiger partial charge on any atom is 0.0582 e. The average molecular weight is 352 g/mol. The van der Waals surface area contributed by atoms with Crippen LogP contribution in [0.1, 0.15) is 35.7 Å². The lowest BCUT2D eigenvalue weighted by molar-refractivity contribution is 0.519. The molecular weight excluding hydrogens is 328 g/mol. The molecule has 0 aliphatic rings. The van der Waals surface area contributed by atoms with Crippen molar-refractivity contribution in [3.63, 3.8) is 0 Å². The molecule has 0 fully saturated rings. The Hall–Kier alpha value is -3.10. The zero-order valence-corrected chi connectivity index (χ0v) is 15.5. The minimum atomic E-state index is 0.0728. The molecule has 2 nitrogen and oxygen atoms in total. The van der Waals surface area contributed by atoms with Crippen molar-refractivity contribution in [2.45, 2.75) is 19.0 Å². The summed E-state index contributed by atoms with van der Waals surface area (Å²) in [6.45, 7) is 2.23. The van der Waals surface area contributed by atoms with Crippen molar-refractivity contribution < 1.29 is 0 Å². The SMILES string of the molecule is C[C@@H](NC(c1ccccc1)c1cccc(N)c1)c1cccc2ccccc12. The van der Waals surface area contributed by atoms with Crippen molar-refractivity contribution in [2.24, 2.45) is 0 Å². The molecule has 2 heteroatoms. The number of nitrogens with two attached hydrogens (primary N) is 1. The van der Waals surface area contributed by atoms with E-state index in [9.17, 15) is 0 Å². The highest BCUT2D eigenvalue weighted by Crippen LogP contribution is 2.30. The Labute approximate surface area is 160 Å². The quantitative estimate of drug-likeness (QED) is 0.441. The first-order chi connectivity index (χ1) is 13.2. The molecule has 1 unspecified atom stereocenters. The molecule has 0 amide bonds. The number of benzene rings is 4. The van der Waals surface area contributed by atoms with Gasteiger partial charge in [-0.25, -0.2) is 0 Å². The molecule has 0 aliphatic carbocycles. The van der Waals surface area contributed by atoms with Crippen molar-refractivity contribution in [3.8, 4) is 0 Å². The minimum Gasteiger partial charge on any atom is -0.399 e. The molecule has 0 saturated carbocycles. The fourth-order valence-electron chi connectivity index (χ4n) is 3.74. The third-order valence-corrected chi connectivity index (χ3v) is 5.08. The number of hydrogen-bond donors (Lipinski definition) is 2. The molecule has 4 aromatic carbocycles. The highest BCUT2D eigenvalue weighted by Gasteiger charge is 2.18. The molecule has 0 aromatic heterocycles. The van der Waals surface area contributed by atoms with E-state index in [1.807, 2.05) is 18.2 Å². The van der Waals surface area contributed by atoms with E-state index in [0.29, 0.717) is 0 Å². The summed E-state index contributed by atoms with van der Waals surface area (Å²) in [5.41, 5.74) is 10.6. The predicted octanol–water partition coefficient (Wildman–Crippen LogP) is 5.86. The summed E-state index contributed by atoms with van der Waals surface area (Å²) in [7, 11) is 0. The highest BCUT2D eigenvalue weighted by molar-refractivity contribution is 5.86. The van der Waals surface area contributed by atoms with Crippen molar-refractivity contribution in [1.29, 1.82) is 0 Å². The van der Waals surface area contributed by atoms with E-state index in [-0.39, 0.29) is 12.1 Å². The largest absolute Gasteiger partial charge is 0.399 e. The summed E-state index contributed by atoms with van der Waals surface area (Å²) in [5, 5.41) is 6.39. The summed E-state index contributed by atoms with van der Waals surface area (Å²) in [6.07, 6.45) is 0. The molecule has 0 saturated heterocycles. The summed E-state index contributed by atoms with van der Waals surface area (Å²) >= 11 is 0. The normalized spacial score (nSPS) is 13.4. The van der Waals surface area contributed by atoms with Gasteiger partial charge in [-0.1, -0.05) is 84.9 Å². The van der Waals surface area contributed by atoms with Crippen molar-refractivity contribution in [2.75, 3.05) is 5.73 Å². The van der Waals surface area contributed by atoms with Crippen LogP contribution < -0.4 is 11.1 Å². The van der Waals surface area contributed by atoms with Gasteiger partial charge in [0.25, 0.3) is 0 Å². The molecule has 2 atom stereocenters. The topological polar surface area (TPSA) is 38.0 Å². The molecule has 134 valence electrons. The first-order valence-corrected chi connectivity index (χ1v) is 9.36. The van der Waals surface area contributed by atoms with Crippen LogP contribution in [-0.2, 0) is 0 Å². The van der Waals surface area contributed by atoms with Gasteiger partial charge in [0.05, 0.1) is 6.04 Å². The molecule has 27 heavy (non-hydrogen) atoms. The fraction of sp³-hybridized carbons (Fsp3) is 0.120. The monoisotopic (exact) mass is 352 g/mol. The van der Waals surface area contributed by atoms with Gasteiger partial charge in [-0.3, -0.25) is 5.32 Å². The summed E-state index contributed by atoms with van der Waals surface area (Å²) in [6, 6.07) is 34.0. The first-order valence-electron chi connectivity index (χ1n) is 9.36. The van der Waals surface area contributed by atoms with Crippen molar-refractivity contribution >= 4 is 16.5 Å². The Balaban J connectivity index is 1.73. The number of fused-ring (bicyclic) bond motifs is 1. The number of nitrogens with one attached hydrogen (secondary N) is 1. The smallest absolute Gasteiger partial charge is 0.0582 e. The van der Waals surface area contributed by atoms with E-state index in [2.05, 4.69) is 91.1 Å². The van der Waals surface area contributed by atoms with E-state index >= 15 is 0 Å². The van der Waals surface area contributed by atoms with Crippen LogP contribution in [0.3, 0.4) is 0 Å². The molecule has 4 aromatic rings. The van der Waals surface area contributed by atoms with Crippen LogP contribution in [0.15, 0.2) is 97.1 Å². The second kappa shape index (κ2) is 7.65. The molecule has 0 bridgehead atoms. The molecule has 0 radical (unpaired) electrons. The van der Waals surface area contributed by atoms with Crippen LogP contribution in [0.5, 0.6) is 0 Å². The van der Waals surface area contributed by atoms with Crippen LogP contribution in [0, 0.1) is 0 Å². The van der Waals surface area contributed by atoms with Gasteiger partial charge in [0.15, 0.2) is 0 Å². The van der Waals surface area contributed by atoms with Crippen LogP contribution in [0.25, 0.3) is 10.8 Å². The van der Waals surface area contributed by atoms with Crippen molar-refractivity contribution in [3.05, 3.63) is 114 Å². The third-order valence-electron chi connectivity index (χ3n) is 5.08. The van der Waals surface area contributed by atoms with Gasteiger partial charge in [0.2, 0.25) is 0 Å². The Morgan fingerprint density at radius 2 is 1.37 bits per heavy atom. The molecule has 3 N–H and O–H groups in total. The van der Waals surface area contributed by atoms with Gasteiger partial charge in [-0.15, -0.1) is 0 Å². The zero-order chi connectivity index (χ0) is 18.6. The van der Waals surface area contributed by atoms with Gasteiger partial charge >= 0.3 is 0 Å². The lowest BCUT2D eigenvalue weighted by atomic mass is 9.94. The molecule has 0 heterocycles. The van der Waals surface area contributed by atoms with E-state index in [1.165, 1.54) is 27.5 Å². The fourth-order valence-corrected chi connectivity index (χ4v) is 3.74. The predicted molar refractivity (Wildman–Crippen MR) is 115 cm³/mol. The number of nitrogen functional groups attached to an aromatic ring is 1. The second-order valence-electron chi connectivity index (χ2n) is 6.97. The first kappa shape index (κ1) is 17.3. The lowest BCUT2D eigenvalue weighted by Gasteiger charge is -2.26.